The number of hydrogen-bond donors (Lipinski definition) is 1. The Hall–Kier alpha value is -1.13. The van der Waals surface area contributed by atoms with Gasteiger partial charge in [-0.15, -0.1) is 0 Å². The number of carbonyl (C=O) groups is 2. The summed E-state index contributed by atoms with van der Waals surface area (Å²) >= 11 is 0. The summed E-state index contributed by atoms with van der Waals surface area (Å²) in [7, 11) is 0. The van der Waals surface area contributed by atoms with Crippen molar-refractivity contribution in [1.29, 1.82) is 0 Å². The van der Waals surface area contributed by atoms with E-state index in [0.29, 0.717) is 12.8 Å². The number of aliphatic carboxylic acids is 1. The standard InChI is InChI=1S/C10H15FO4/c1-3-15-8(14)9(2,7(12)13)6-10(11)4-5-10/h3-6H2,1-2H3,(H,12,13). The molecule has 86 valence electrons. The van der Waals surface area contributed by atoms with Crippen LogP contribution < -0.4 is 0 Å². The molecule has 0 aromatic heterocycles. The lowest BCUT2D eigenvalue weighted by molar-refractivity contribution is -0.169. The van der Waals surface area contributed by atoms with Crippen LogP contribution >= 0.6 is 0 Å². The Morgan fingerprint density at radius 2 is 2.07 bits per heavy atom. The van der Waals surface area contributed by atoms with Gasteiger partial charge in [0.1, 0.15) is 5.67 Å². The zero-order valence-electron chi connectivity index (χ0n) is 8.88. The molecule has 0 aromatic rings. The molecule has 1 N–H and O–H groups in total. The minimum Gasteiger partial charge on any atom is -0.480 e. The lowest BCUT2D eigenvalue weighted by atomic mass is 9.84. The Morgan fingerprint density at radius 1 is 1.53 bits per heavy atom. The first-order valence-corrected chi connectivity index (χ1v) is 4.93. The Bertz CT molecular complexity index is 285. The summed E-state index contributed by atoms with van der Waals surface area (Å²) in [6.45, 7) is 2.90. The van der Waals surface area contributed by atoms with E-state index >= 15 is 0 Å². The third kappa shape index (κ3) is 2.46. The van der Waals surface area contributed by atoms with Gasteiger partial charge < -0.3 is 9.84 Å². The normalized spacial score (nSPS) is 21.5. The summed E-state index contributed by atoms with van der Waals surface area (Å²) in [5.74, 6) is -2.19. The quantitative estimate of drug-likeness (QED) is 0.561. The van der Waals surface area contributed by atoms with Crippen LogP contribution in [0.1, 0.15) is 33.1 Å². The molecule has 15 heavy (non-hydrogen) atoms. The third-order valence-electron chi connectivity index (χ3n) is 2.66. The molecule has 0 saturated heterocycles. The van der Waals surface area contributed by atoms with Gasteiger partial charge in [0.15, 0.2) is 5.41 Å². The van der Waals surface area contributed by atoms with E-state index < -0.39 is 23.0 Å². The van der Waals surface area contributed by atoms with Crippen molar-refractivity contribution in [1.82, 2.24) is 0 Å². The first-order chi connectivity index (χ1) is 6.84. The monoisotopic (exact) mass is 218 g/mol. The molecule has 1 unspecified atom stereocenters. The molecule has 1 aliphatic rings. The fraction of sp³-hybridized carbons (Fsp3) is 0.800. The van der Waals surface area contributed by atoms with Gasteiger partial charge in [-0.2, -0.15) is 0 Å². The first-order valence-electron chi connectivity index (χ1n) is 4.93. The van der Waals surface area contributed by atoms with Crippen molar-refractivity contribution in [2.24, 2.45) is 5.41 Å². The lowest BCUT2D eigenvalue weighted by Crippen LogP contribution is -2.40. The lowest BCUT2D eigenvalue weighted by Gasteiger charge is -2.23. The van der Waals surface area contributed by atoms with Gasteiger partial charge >= 0.3 is 11.9 Å². The molecule has 4 nitrogen and oxygen atoms in total. The van der Waals surface area contributed by atoms with Crippen molar-refractivity contribution in [3.63, 3.8) is 0 Å². The molecule has 1 aliphatic carbocycles. The van der Waals surface area contributed by atoms with Gasteiger partial charge in [-0.1, -0.05) is 0 Å². The van der Waals surface area contributed by atoms with E-state index in [4.69, 9.17) is 5.11 Å². The Balaban J connectivity index is 2.77. The van der Waals surface area contributed by atoms with Gasteiger partial charge in [0.2, 0.25) is 0 Å². The summed E-state index contributed by atoms with van der Waals surface area (Å²) in [5.41, 5.74) is -3.25. The number of carbonyl (C=O) groups excluding carboxylic acids is 1. The minimum atomic E-state index is -1.76. The maximum atomic E-state index is 13.5. The second-order valence-corrected chi connectivity index (χ2v) is 4.19. The number of carboxylic acid groups (broad SMARTS) is 1. The number of rotatable bonds is 5. The molecule has 0 aliphatic heterocycles. The van der Waals surface area contributed by atoms with E-state index in [1.165, 1.54) is 6.92 Å². The molecule has 0 spiro atoms. The Morgan fingerprint density at radius 3 is 2.40 bits per heavy atom. The highest BCUT2D eigenvalue weighted by Gasteiger charge is 2.55. The van der Waals surface area contributed by atoms with E-state index in [1.54, 1.807) is 6.92 Å². The molecule has 0 amide bonds. The van der Waals surface area contributed by atoms with Gasteiger partial charge in [0.25, 0.3) is 0 Å². The number of ether oxygens (including phenoxy) is 1. The topological polar surface area (TPSA) is 63.6 Å². The van der Waals surface area contributed by atoms with Crippen LogP contribution in [0, 0.1) is 5.41 Å². The number of halogens is 1. The molecule has 0 aromatic carbocycles. The van der Waals surface area contributed by atoms with Crippen LogP contribution in [0.5, 0.6) is 0 Å². The molecule has 0 heterocycles. The van der Waals surface area contributed by atoms with Crippen molar-refractivity contribution >= 4 is 11.9 Å². The van der Waals surface area contributed by atoms with Crippen LogP contribution in [0.15, 0.2) is 0 Å². The van der Waals surface area contributed by atoms with Crippen LogP contribution in [0.4, 0.5) is 4.39 Å². The van der Waals surface area contributed by atoms with E-state index in [1.807, 2.05) is 0 Å². The van der Waals surface area contributed by atoms with Gasteiger partial charge in [-0.25, -0.2) is 4.39 Å². The van der Waals surface area contributed by atoms with E-state index in [9.17, 15) is 14.0 Å². The first kappa shape index (κ1) is 11.9. The number of hydrogen-bond acceptors (Lipinski definition) is 3. The molecule has 0 bridgehead atoms. The van der Waals surface area contributed by atoms with E-state index in [2.05, 4.69) is 4.74 Å². The third-order valence-corrected chi connectivity index (χ3v) is 2.66. The summed E-state index contributed by atoms with van der Waals surface area (Å²) in [5, 5.41) is 8.95. The van der Waals surface area contributed by atoms with Gasteiger partial charge in [-0.3, -0.25) is 9.59 Å². The van der Waals surface area contributed by atoms with Crippen LogP contribution in [0.25, 0.3) is 0 Å². The molecule has 0 radical (unpaired) electrons. The van der Waals surface area contributed by atoms with Crippen LogP contribution in [0.3, 0.4) is 0 Å². The van der Waals surface area contributed by atoms with Gasteiger partial charge in [0.05, 0.1) is 6.61 Å². The van der Waals surface area contributed by atoms with E-state index in [0.717, 1.165) is 0 Å². The van der Waals surface area contributed by atoms with Crippen molar-refractivity contribution in [2.75, 3.05) is 6.61 Å². The second-order valence-electron chi connectivity index (χ2n) is 4.19. The largest absolute Gasteiger partial charge is 0.480 e. The Labute approximate surface area is 87.4 Å². The Kier molecular flexibility index (Phi) is 3.02. The van der Waals surface area contributed by atoms with Crippen molar-refractivity contribution in [3.05, 3.63) is 0 Å². The summed E-state index contributed by atoms with van der Waals surface area (Å²) in [6, 6.07) is 0. The zero-order valence-corrected chi connectivity index (χ0v) is 8.88. The van der Waals surface area contributed by atoms with Crippen LogP contribution in [-0.2, 0) is 14.3 Å². The molecule has 1 rings (SSSR count). The number of esters is 1. The summed E-state index contributed by atoms with van der Waals surface area (Å²) < 4.78 is 18.1. The highest BCUT2D eigenvalue weighted by atomic mass is 19.1. The zero-order chi connectivity index (χ0) is 11.7. The maximum absolute atomic E-state index is 13.5. The molecule has 5 heteroatoms. The van der Waals surface area contributed by atoms with Crippen LogP contribution in [0.2, 0.25) is 0 Å². The van der Waals surface area contributed by atoms with Crippen molar-refractivity contribution < 1.29 is 23.8 Å². The molecule has 1 fully saturated rings. The fourth-order valence-electron chi connectivity index (χ4n) is 1.47. The highest BCUT2D eigenvalue weighted by molar-refractivity contribution is 5.98. The predicted octanol–water partition coefficient (Wildman–Crippen LogP) is 1.53. The second kappa shape index (κ2) is 3.79. The molecular weight excluding hydrogens is 203 g/mol. The van der Waals surface area contributed by atoms with Crippen molar-refractivity contribution in [3.8, 4) is 0 Å². The van der Waals surface area contributed by atoms with Gasteiger partial charge in [0, 0.05) is 6.42 Å². The van der Waals surface area contributed by atoms with Crippen LogP contribution in [-0.4, -0.2) is 29.3 Å². The average Bonchev–Trinajstić information content (AvgIpc) is 2.83. The van der Waals surface area contributed by atoms with E-state index in [-0.39, 0.29) is 13.0 Å². The SMILES string of the molecule is CCOC(=O)C(C)(CC1(F)CC1)C(=O)O. The number of alkyl halides is 1. The molecule has 1 saturated carbocycles. The average molecular weight is 218 g/mol. The maximum Gasteiger partial charge on any atom is 0.323 e. The fourth-order valence-corrected chi connectivity index (χ4v) is 1.47. The number of carboxylic acids is 1. The highest BCUT2D eigenvalue weighted by Crippen LogP contribution is 2.48. The predicted molar refractivity (Wildman–Crippen MR) is 50.1 cm³/mol. The van der Waals surface area contributed by atoms with Crippen molar-refractivity contribution in [2.45, 2.75) is 38.8 Å². The van der Waals surface area contributed by atoms with Gasteiger partial charge in [-0.05, 0) is 26.7 Å². The summed E-state index contributed by atoms with van der Waals surface area (Å²) in [6.07, 6.45) is 0.360. The minimum absolute atomic E-state index is 0.0982. The molecule has 1 atom stereocenters. The molecular formula is C10H15FO4. The smallest absolute Gasteiger partial charge is 0.323 e. The summed E-state index contributed by atoms with van der Waals surface area (Å²) in [4.78, 5) is 22.4.